The molecule has 1 unspecified atom stereocenters. The van der Waals surface area contributed by atoms with Gasteiger partial charge in [0.1, 0.15) is 0 Å². The lowest BCUT2D eigenvalue weighted by atomic mass is 10.1. The molecule has 0 fully saturated rings. The molecule has 0 amide bonds. The van der Waals surface area contributed by atoms with Crippen LogP contribution in [0.1, 0.15) is 23.7 Å². The van der Waals surface area contributed by atoms with Gasteiger partial charge in [-0.05, 0) is 32.4 Å². The number of rotatable bonds is 7. The summed E-state index contributed by atoms with van der Waals surface area (Å²) in [4.78, 5) is 14.2. The van der Waals surface area contributed by atoms with Gasteiger partial charge in [-0.3, -0.25) is 4.79 Å². The largest absolute Gasteiger partial charge is 0.302 e. The number of carbonyl (C=O) groups is 1. The predicted octanol–water partition coefficient (Wildman–Crippen LogP) is 3.71. The van der Waals surface area contributed by atoms with Crippen molar-refractivity contribution in [2.45, 2.75) is 19.4 Å². The molecule has 0 saturated carbocycles. The van der Waals surface area contributed by atoms with Crippen molar-refractivity contribution in [2.75, 3.05) is 25.6 Å². The third-order valence-corrected chi connectivity index (χ3v) is 4.36. The summed E-state index contributed by atoms with van der Waals surface area (Å²) in [5, 5.41) is 0. The molecular weight excluding hydrogens is 310 g/mol. The van der Waals surface area contributed by atoms with Gasteiger partial charge < -0.3 is 4.90 Å². The highest BCUT2D eigenvalue weighted by molar-refractivity contribution is 9.10. The third kappa shape index (κ3) is 5.12. The fourth-order valence-electron chi connectivity index (χ4n) is 1.65. The van der Waals surface area contributed by atoms with E-state index >= 15 is 0 Å². The van der Waals surface area contributed by atoms with E-state index in [0.717, 1.165) is 22.3 Å². The Morgan fingerprint density at radius 2 is 2.00 bits per heavy atom. The van der Waals surface area contributed by atoms with E-state index in [1.54, 1.807) is 0 Å². The van der Waals surface area contributed by atoms with E-state index < -0.39 is 0 Å². The molecule has 1 aromatic rings. The van der Waals surface area contributed by atoms with Crippen LogP contribution in [0.4, 0.5) is 0 Å². The van der Waals surface area contributed by atoms with E-state index in [0.29, 0.717) is 12.5 Å². The van der Waals surface area contributed by atoms with Crippen molar-refractivity contribution in [2.24, 2.45) is 0 Å². The minimum absolute atomic E-state index is 0.214. The summed E-state index contributed by atoms with van der Waals surface area (Å²) in [6, 6.07) is 8.08. The minimum Gasteiger partial charge on any atom is -0.302 e. The molecule has 18 heavy (non-hydrogen) atoms. The van der Waals surface area contributed by atoms with E-state index in [4.69, 9.17) is 0 Å². The van der Waals surface area contributed by atoms with Gasteiger partial charge in [-0.25, -0.2) is 0 Å². The molecule has 0 saturated heterocycles. The van der Waals surface area contributed by atoms with Crippen molar-refractivity contribution < 1.29 is 4.79 Å². The van der Waals surface area contributed by atoms with E-state index in [1.165, 1.54) is 0 Å². The highest BCUT2D eigenvalue weighted by Crippen LogP contribution is 2.12. The summed E-state index contributed by atoms with van der Waals surface area (Å²) < 4.78 is 1.00. The SMILES string of the molecule is CSCC(C)N(C)CCC(=O)c1ccc(Br)cc1. The van der Waals surface area contributed by atoms with Crippen LogP contribution in [-0.2, 0) is 0 Å². The Bertz CT molecular complexity index is 380. The van der Waals surface area contributed by atoms with Gasteiger partial charge in [-0.15, -0.1) is 0 Å². The summed E-state index contributed by atoms with van der Waals surface area (Å²) in [5.41, 5.74) is 0.795. The minimum atomic E-state index is 0.214. The Kier molecular flexibility index (Phi) is 6.97. The second kappa shape index (κ2) is 7.97. The first kappa shape index (κ1) is 15.7. The van der Waals surface area contributed by atoms with Crippen LogP contribution < -0.4 is 0 Å². The molecule has 4 heteroatoms. The monoisotopic (exact) mass is 329 g/mol. The molecule has 0 radical (unpaired) electrons. The Morgan fingerprint density at radius 1 is 1.39 bits per heavy atom. The van der Waals surface area contributed by atoms with Gasteiger partial charge in [-0.1, -0.05) is 28.1 Å². The maximum absolute atomic E-state index is 12.0. The van der Waals surface area contributed by atoms with Crippen LogP contribution in [0.5, 0.6) is 0 Å². The topological polar surface area (TPSA) is 20.3 Å². The van der Waals surface area contributed by atoms with Gasteiger partial charge >= 0.3 is 0 Å². The number of carbonyl (C=O) groups excluding carboxylic acids is 1. The Balaban J connectivity index is 2.43. The van der Waals surface area contributed by atoms with Gasteiger partial charge in [0.2, 0.25) is 0 Å². The molecule has 0 aliphatic carbocycles. The van der Waals surface area contributed by atoms with E-state index in [-0.39, 0.29) is 5.78 Å². The zero-order valence-corrected chi connectivity index (χ0v) is 13.6. The second-order valence-electron chi connectivity index (χ2n) is 4.47. The fourth-order valence-corrected chi connectivity index (χ4v) is 2.65. The molecule has 0 aromatic heterocycles. The number of ketones is 1. The number of Topliss-reactive ketones (excluding diaryl/α,β-unsaturated/α-hetero) is 1. The molecule has 1 rings (SSSR count). The maximum Gasteiger partial charge on any atom is 0.164 e. The zero-order valence-electron chi connectivity index (χ0n) is 11.1. The van der Waals surface area contributed by atoms with Crippen LogP contribution in [0, 0.1) is 0 Å². The third-order valence-electron chi connectivity index (χ3n) is 3.02. The molecule has 0 N–H and O–H groups in total. The zero-order chi connectivity index (χ0) is 13.5. The van der Waals surface area contributed by atoms with Gasteiger partial charge in [0.15, 0.2) is 5.78 Å². The second-order valence-corrected chi connectivity index (χ2v) is 6.29. The standard InChI is InChI=1S/C14H20BrNOS/c1-11(10-18-3)16(2)9-8-14(17)12-4-6-13(15)7-5-12/h4-7,11H,8-10H2,1-3H3. The molecule has 0 spiro atoms. The molecule has 1 aromatic carbocycles. The number of thioether (sulfide) groups is 1. The quantitative estimate of drug-likeness (QED) is 0.711. The van der Waals surface area contributed by atoms with E-state index in [1.807, 2.05) is 36.0 Å². The number of hydrogen-bond acceptors (Lipinski definition) is 3. The normalized spacial score (nSPS) is 12.7. The highest BCUT2D eigenvalue weighted by atomic mass is 79.9. The van der Waals surface area contributed by atoms with Gasteiger partial charge in [0, 0.05) is 34.8 Å². The molecule has 0 aliphatic heterocycles. The average Bonchev–Trinajstić information content (AvgIpc) is 2.36. The lowest BCUT2D eigenvalue weighted by Crippen LogP contribution is -2.32. The molecule has 0 aliphatic rings. The summed E-state index contributed by atoms with van der Waals surface area (Å²) in [6.07, 6.45) is 2.69. The first-order valence-corrected chi connectivity index (χ1v) is 8.21. The smallest absolute Gasteiger partial charge is 0.164 e. The van der Waals surface area contributed by atoms with Crippen LogP contribution in [-0.4, -0.2) is 42.3 Å². The van der Waals surface area contributed by atoms with Crippen molar-refractivity contribution >= 4 is 33.5 Å². The average molecular weight is 330 g/mol. The number of nitrogens with zero attached hydrogens (tertiary/aromatic N) is 1. The van der Waals surface area contributed by atoms with Crippen molar-refractivity contribution in [3.8, 4) is 0 Å². The maximum atomic E-state index is 12.0. The van der Waals surface area contributed by atoms with Crippen LogP contribution >= 0.6 is 27.7 Å². The summed E-state index contributed by atoms with van der Waals surface area (Å²) >= 11 is 5.21. The van der Waals surface area contributed by atoms with Crippen LogP contribution in [0.15, 0.2) is 28.7 Å². The molecule has 2 nitrogen and oxygen atoms in total. The van der Waals surface area contributed by atoms with Crippen LogP contribution in [0.25, 0.3) is 0 Å². The van der Waals surface area contributed by atoms with Gasteiger partial charge in [0.05, 0.1) is 0 Å². The Morgan fingerprint density at radius 3 is 2.56 bits per heavy atom. The Labute approximate surface area is 122 Å². The number of hydrogen-bond donors (Lipinski definition) is 0. The van der Waals surface area contributed by atoms with Crippen LogP contribution in [0.2, 0.25) is 0 Å². The van der Waals surface area contributed by atoms with E-state index in [2.05, 4.69) is 41.1 Å². The molecule has 0 heterocycles. The van der Waals surface area contributed by atoms with Crippen molar-refractivity contribution in [1.29, 1.82) is 0 Å². The summed E-state index contributed by atoms with van der Waals surface area (Å²) in [7, 11) is 2.08. The first-order valence-electron chi connectivity index (χ1n) is 6.02. The summed E-state index contributed by atoms with van der Waals surface area (Å²) in [5.74, 6) is 1.31. The van der Waals surface area contributed by atoms with E-state index in [9.17, 15) is 4.79 Å². The predicted molar refractivity (Wildman–Crippen MR) is 83.6 cm³/mol. The number of halogens is 1. The molecular formula is C14H20BrNOS. The molecule has 100 valence electrons. The van der Waals surface area contributed by atoms with Gasteiger partial charge in [0.25, 0.3) is 0 Å². The molecule has 0 bridgehead atoms. The van der Waals surface area contributed by atoms with Gasteiger partial charge in [-0.2, -0.15) is 11.8 Å². The molecule has 1 atom stereocenters. The summed E-state index contributed by atoms with van der Waals surface area (Å²) in [6.45, 7) is 3.01. The van der Waals surface area contributed by atoms with Crippen LogP contribution in [0.3, 0.4) is 0 Å². The fraction of sp³-hybridized carbons (Fsp3) is 0.500. The highest BCUT2D eigenvalue weighted by Gasteiger charge is 2.11. The number of benzene rings is 1. The Hall–Kier alpha value is -0.320. The van der Waals surface area contributed by atoms with Crippen molar-refractivity contribution in [3.63, 3.8) is 0 Å². The van der Waals surface area contributed by atoms with Crippen molar-refractivity contribution in [1.82, 2.24) is 4.90 Å². The first-order chi connectivity index (χ1) is 8.54. The lowest BCUT2D eigenvalue weighted by molar-refractivity contribution is 0.0964. The lowest BCUT2D eigenvalue weighted by Gasteiger charge is -2.23. The van der Waals surface area contributed by atoms with Crippen molar-refractivity contribution in [3.05, 3.63) is 34.3 Å².